The SMILES string of the molecule is Cc1cc(C)n(-c2cccc(C(=O)N[C@@H]3CCOC[C@H]3Oc3ccccn3)c2)n1. The van der Waals surface area contributed by atoms with Gasteiger partial charge in [-0.3, -0.25) is 4.79 Å². The highest BCUT2D eigenvalue weighted by Gasteiger charge is 2.29. The number of rotatable bonds is 5. The number of nitrogens with one attached hydrogen (secondary N) is 1. The maximum Gasteiger partial charge on any atom is 0.251 e. The van der Waals surface area contributed by atoms with Gasteiger partial charge in [-0.25, -0.2) is 9.67 Å². The average molecular weight is 392 g/mol. The summed E-state index contributed by atoms with van der Waals surface area (Å²) in [5.41, 5.74) is 3.40. The quantitative estimate of drug-likeness (QED) is 0.722. The van der Waals surface area contributed by atoms with Gasteiger partial charge in [-0.15, -0.1) is 0 Å². The first-order valence-corrected chi connectivity index (χ1v) is 9.70. The Morgan fingerprint density at radius 2 is 2.10 bits per heavy atom. The van der Waals surface area contributed by atoms with Gasteiger partial charge in [0.25, 0.3) is 5.91 Å². The summed E-state index contributed by atoms with van der Waals surface area (Å²) >= 11 is 0. The van der Waals surface area contributed by atoms with E-state index in [9.17, 15) is 4.79 Å². The maximum atomic E-state index is 12.9. The van der Waals surface area contributed by atoms with Gasteiger partial charge in [0, 0.05) is 30.1 Å². The van der Waals surface area contributed by atoms with Crippen LogP contribution in [0.25, 0.3) is 5.69 Å². The number of amides is 1. The smallest absolute Gasteiger partial charge is 0.251 e. The van der Waals surface area contributed by atoms with E-state index in [4.69, 9.17) is 9.47 Å². The zero-order chi connectivity index (χ0) is 20.2. The Morgan fingerprint density at radius 3 is 2.86 bits per heavy atom. The molecule has 3 heterocycles. The Hall–Kier alpha value is -3.19. The van der Waals surface area contributed by atoms with Crippen LogP contribution >= 0.6 is 0 Å². The second kappa shape index (κ2) is 8.45. The van der Waals surface area contributed by atoms with Crippen LogP contribution in [0.15, 0.2) is 54.7 Å². The van der Waals surface area contributed by atoms with E-state index in [1.165, 1.54) is 0 Å². The summed E-state index contributed by atoms with van der Waals surface area (Å²) in [6.07, 6.45) is 2.07. The highest BCUT2D eigenvalue weighted by atomic mass is 16.5. The first-order valence-electron chi connectivity index (χ1n) is 9.70. The molecule has 7 heteroatoms. The second-order valence-corrected chi connectivity index (χ2v) is 7.16. The molecule has 150 valence electrons. The molecular weight excluding hydrogens is 368 g/mol. The molecule has 29 heavy (non-hydrogen) atoms. The molecule has 0 saturated carbocycles. The van der Waals surface area contributed by atoms with Crippen LogP contribution in [0.3, 0.4) is 0 Å². The van der Waals surface area contributed by atoms with Gasteiger partial charge in [0.2, 0.25) is 5.88 Å². The van der Waals surface area contributed by atoms with E-state index in [1.807, 2.05) is 54.9 Å². The summed E-state index contributed by atoms with van der Waals surface area (Å²) in [4.78, 5) is 17.1. The number of hydrogen-bond acceptors (Lipinski definition) is 5. The molecule has 0 spiro atoms. The number of aryl methyl sites for hydroxylation is 2. The summed E-state index contributed by atoms with van der Waals surface area (Å²) in [6.45, 7) is 4.94. The molecule has 1 aromatic carbocycles. The van der Waals surface area contributed by atoms with E-state index >= 15 is 0 Å². The van der Waals surface area contributed by atoms with Crippen molar-refractivity contribution in [2.45, 2.75) is 32.4 Å². The molecule has 0 bridgehead atoms. The molecule has 7 nitrogen and oxygen atoms in total. The van der Waals surface area contributed by atoms with Gasteiger partial charge in [0.1, 0.15) is 6.10 Å². The first-order chi connectivity index (χ1) is 14.1. The predicted octanol–water partition coefficient (Wildman–Crippen LogP) is 2.85. The summed E-state index contributed by atoms with van der Waals surface area (Å²) in [5.74, 6) is 0.378. The van der Waals surface area contributed by atoms with Gasteiger partial charge >= 0.3 is 0 Å². The van der Waals surface area contributed by atoms with Crippen molar-refractivity contribution in [1.82, 2.24) is 20.1 Å². The van der Waals surface area contributed by atoms with Crippen molar-refractivity contribution in [3.63, 3.8) is 0 Å². The maximum absolute atomic E-state index is 12.9. The fourth-order valence-corrected chi connectivity index (χ4v) is 3.49. The number of carbonyl (C=O) groups excluding carboxylic acids is 1. The number of carbonyl (C=O) groups is 1. The molecule has 1 amide bonds. The van der Waals surface area contributed by atoms with Crippen molar-refractivity contribution in [2.24, 2.45) is 0 Å². The van der Waals surface area contributed by atoms with Crippen LogP contribution in [0, 0.1) is 13.8 Å². The normalized spacial score (nSPS) is 19.0. The van der Waals surface area contributed by atoms with Gasteiger partial charge in [0.15, 0.2) is 0 Å². The Morgan fingerprint density at radius 1 is 1.21 bits per heavy atom. The van der Waals surface area contributed by atoms with E-state index < -0.39 is 0 Å². The summed E-state index contributed by atoms with van der Waals surface area (Å²) in [6, 6.07) is 14.8. The third kappa shape index (κ3) is 4.46. The number of aromatic nitrogens is 3. The minimum Gasteiger partial charge on any atom is -0.470 e. The lowest BCUT2D eigenvalue weighted by molar-refractivity contribution is -0.0152. The Kier molecular flexibility index (Phi) is 5.57. The molecule has 1 saturated heterocycles. The van der Waals surface area contributed by atoms with Crippen LogP contribution in [0.2, 0.25) is 0 Å². The standard InChI is InChI=1S/C22H24N4O3/c1-15-12-16(2)26(25-15)18-7-5-6-17(13-18)22(27)24-19-9-11-28-14-20(19)29-21-8-3-4-10-23-21/h3-8,10,12-13,19-20H,9,11,14H2,1-2H3,(H,24,27)/t19-,20-/m1/s1. The highest BCUT2D eigenvalue weighted by Crippen LogP contribution is 2.17. The zero-order valence-corrected chi connectivity index (χ0v) is 16.5. The third-order valence-corrected chi connectivity index (χ3v) is 4.89. The molecule has 3 aromatic rings. The lowest BCUT2D eigenvalue weighted by Crippen LogP contribution is -2.51. The van der Waals surface area contributed by atoms with Crippen LogP contribution in [-0.4, -0.2) is 46.0 Å². The van der Waals surface area contributed by atoms with Gasteiger partial charge in [-0.2, -0.15) is 5.10 Å². The number of hydrogen-bond donors (Lipinski definition) is 1. The lowest BCUT2D eigenvalue weighted by atomic mass is 10.0. The van der Waals surface area contributed by atoms with Gasteiger partial charge < -0.3 is 14.8 Å². The summed E-state index contributed by atoms with van der Waals surface area (Å²) < 4.78 is 13.3. The molecule has 1 fully saturated rings. The number of nitrogens with zero attached hydrogens (tertiary/aromatic N) is 3. The van der Waals surface area contributed by atoms with Gasteiger partial charge in [-0.1, -0.05) is 12.1 Å². The van der Waals surface area contributed by atoms with Crippen LogP contribution in [0.1, 0.15) is 28.2 Å². The molecule has 2 atom stereocenters. The number of benzene rings is 1. The van der Waals surface area contributed by atoms with Crippen LogP contribution in [-0.2, 0) is 4.74 Å². The molecule has 1 aliphatic heterocycles. The van der Waals surface area contributed by atoms with E-state index in [0.717, 1.165) is 17.1 Å². The van der Waals surface area contributed by atoms with E-state index in [-0.39, 0.29) is 18.1 Å². The highest BCUT2D eigenvalue weighted by molar-refractivity contribution is 5.95. The first kappa shape index (κ1) is 19.1. The summed E-state index contributed by atoms with van der Waals surface area (Å²) in [5, 5.41) is 7.60. The van der Waals surface area contributed by atoms with Crippen molar-refractivity contribution in [2.75, 3.05) is 13.2 Å². The van der Waals surface area contributed by atoms with Gasteiger partial charge in [-0.05, 0) is 50.6 Å². The monoisotopic (exact) mass is 392 g/mol. The number of pyridine rings is 1. The Bertz CT molecular complexity index is 987. The van der Waals surface area contributed by atoms with Crippen molar-refractivity contribution in [1.29, 1.82) is 0 Å². The minimum absolute atomic E-state index is 0.144. The lowest BCUT2D eigenvalue weighted by Gasteiger charge is -2.32. The largest absolute Gasteiger partial charge is 0.470 e. The zero-order valence-electron chi connectivity index (χ0n) is 16.5. The van der Waals surface area contributed by atoms with Crippen molar-refractivity contribution < 1.29 is 14.3 Å². The van der Waals surface area contributed by atoms with E-state index in [1.54, 1.807) is 18.3 Å². The van der Waals surface area contributed by atoms with Crippen LogP contribution in [0.4, 0.5) is 0 Å². The minimum atomic E-state index is -0.290. The molecule has 1 aliphatic rings. The molecule has 2 aromatic heterocycles. The predicted molar refractivity (Wildman–Crippen MR) is 108 cm³/mol. The molecule has 1 N–H and O–H groups in total. The second-order valence-electron chi connectivity index (χ2n) is 7.16. The van der Waals surface area contributed by atoms with Gasteiger partial charge in [0.05, 0.1) is 24.0 Å². The van der Waals surface area contributed by atoms with Crippen molar-refractivity contribution in [3.8, 4) is 11.6 Å². The third-order valence-electron chi connectivity index (χ3n) is 4.89. The van der Waals surface area contributed by atoms with Crippen molar-refractivity contribution >= 4 is 5.91 Å². The topological polar surface area (TPSA) is 78.3 Å². The fraction of sp³-hybridized carbons (Fsp3) is 0.318. The van der Waals surface area contributed by atoms with E-state index in [2.05, 4.69) is 15.4 Å². The van der Waals surface area contributed by atoms with Crippen LogP contribution in [0.5, 0.6) is 5.88 Å². The van der Waals surface area contributed by atoms with Crippen molar-refractivity contribution in [3.05, 3.63) is 71.7 Å². The molecule has 4 rings (SSSR count). The van der Waals surface area contributed by atoms with E-state index in [0.29, 0.717) is 31.1 Å². The molecular formula is C22H24N4O3. The summed E-state index contributed by atoms with van der Waals surface area (Å²) in [7, 11) is 0. The molecule has 0 aliphatic carbocycles. The molecule has 0 unspecified atom stereocenters. The molecule has 0 radical (unpaired) electrons. The fourth-order valence-electron chi connectivity index (χ4n) is 3.49. The average Bonchev–Trinajstić information content (AvgIpc) is 3.08. The van der Waals surface area contributed by atoms with Crippen LogP contribution < -0.4 is 10.1 Å². The Labute approximate surface area is 169 Å². The number of ether oxygens (including phenoxy) is 2. The Balaban J connectivity index is 1.49.